The fraction of sp³-hybridized carbons (Fsp3) is 0.0769. The molecule has 0 aliphatic heterocycles. The van der Waals surface area contributed by atoms with Crippen LogP contribution in [0.2, 0.25) is 0 Å². The highest BCUT2D eigenvalue weighted by Gasteiger charge is 2.18. The molecule has 0 spiro atoms. The molecule has 5 rings (SSSR count). The molecule has 6 heteroatoms. The Morgan fingerprint density at radius 2 is 1.75 bits per heavy atom. The summed E-state index contributed by atoms with van der Waals surface area (Å²) in [5.74, 6) is 0.102. The van der Waals surface area contributed by atoms with Crippen molar-refractivity contribution in [3.05, 3.63) is 102 Å². The highest BCUT2D eigenvalue weighted by molar-refractivity contribution is 6.21. The first-order valence-corrected chi connectivity index (χ1v) is 10.5. The summed E-state index contributed by atoms with van der Waals surface area (Å²) < 4.78 is 0. The standard InChI is InChI=1S/C26H23N5O/c27-14-13-17-5-7-19(8-6-17)25(24-21-3-1-2-4-22(21)31-26(24)32)30-20-11-9-18(10-12-20)23-15-28-16-29-23/h1-12,15-16,31-32H,13-14,27H2,(H,28,29). The lowest BCUT2D eigenvalue weighted by Crippen LogP contribution is -2.05. The molecule has 2 aromatic heterocycles. The summed E-state index contributed by atoms with van der Waals surface area (Å²) in [5, 5.41) is 11.7. The van der Waals surface area contributed by atoms with Gasteiger partial charge in [0.25, 0.3) is 0 Å². The summed E-state index contributed by atoms with van der Waals surface area (Å²) in [7, 11) is 0. The molecule has 0 fully saturated rings. The van der Waals surface area contributed by atoms with E-state index in [1.807, 2.05) is 60.7 Å². The average Bonchev–Trinajstić information content (AvgIpc) is 3.47. The molecule has 0 saturated heterocycles. The lowest BCUT2D eigenvalue weighted by Gasteiger charge is -2.09. The second kappa shape index (κ2) is 8.53. The molecule has 158 valence electrons. The molecule has 5 aromatic rings. The fourth-order valence-electron chi connectivity index (χ4n) is 3.89. The molecule has 0 atom stereocenters. The molecular weight excluding hydrogens is 398 g/mol. The van der Waals surface area contributed by atoms with Gasteiger partial charge in [-0.3, -0.25) is 0 Å². The SMILES string of the molecule is NCCc1ccc(C(=Nc2ccc(-c3cnc[nH]3)cc2)c2c(O)[nH]c3ccccc23)cc1. The van der Waals surface area contributed by atoms with Gasteiger partial charge in [0.1, 0.15) is 0 Å². The minimum absolute atomic E-state index is 0.102. The van der Waals surface area contributed by atoms with Crippen LogP contribution in [-0.4, -0.2) is 32.3 Å². The first-order valence-electron chi connectivity index (χ1n) is 10.5. The molecule has 32 heavy (non-hydrogen) atoms. The van der Waals surface area contributed by atoms with E-state index in [4.69, 9.17) is 10.7 Å². The summed E-state index contributed by atoms with van der Waals surface area (Å²) in [4.78, 5) is 15.2. The number of fused-ring (bicyclic) bond motifs is 1. The molecule has 0 bridgehead atoms. The third-order valence-electron chi connectivity index (χ3n) is 5.50. The molecule has 0 aliphatic carbocycles. The van der Waals surface area contributed by atoms with Gasteiger partial charge in [-0.2, -0.15) is 0 Å². The van der Waals surface area contributed by atoms with Gasteiger partial charge in [0, 0.05) is 16.5 Å². The Morgan fingerprint density at radius 3 is 2.47 bits per heavy atom. The average molecular weight is 422 g/mol. The van der Waals surface area contributed by atoms with Crippen LogP contribution >= 0.6 is 0 Å². The number of aliphatic imine (C=N–C) groups is 1. The maximum absolute atomic E-state index is 10.8. The van der Waals surface area contributed by atoms with E-state index in [1.54, 1.807) is 12.5 Å². The molecule has 3 aromatic carbocycles. The zero-order valence-corrected chi connectivity index (χ0v) is 17.4. The number of imidazole rings is 1. The number of hydrogen-bond acceptors (Lipinski definition) is 4. The van der Waals surface area contributed by atoms with Crippen LogP contribution in [0.1, 0.15) is 16.7 Å². The van der Waals surface area contributed by atoms with Crippen molar-refractivity contribution in [3.63, 3.8) is 0 Å². The number of nitrogens with zero attached hydrogens (tertiary/aromatic N) is 2. The predicted molar refractivity (Wildman–Crippen MR) is 128 cm³/mol. The van der Waals surface area contributed by atoms with Crippen molar-refractivity contribution >= 4 is 22.3 Å². The number of nitrogens with one attached hydrogen (secondary N) is 2. The van der Waals surface area contributed by atoms with Crippen molar-refractivity contribution in [1.29, 1.82) is 0 Å². The predicted octanol–water partition coefficient (Wildman–Crippen LogP) is 4.93. The van der Waals surface area contributed by atoms with E-state index in [2.05, 4.69) is 27.1 Å². The number of benzene rings is 3. The number of para-hydroxylation sites is 1. The zero-order chi connectivity index (χ0) is 21.9. The van der Waals surface area contributed by atoms with E-state index in [-0.39, 0.29) is 5.88 Å². The van der Waals surface area contributed by atoms with Crippen LogP contribution in [0.15, 0.2) is 90.3 Å². The molecule has 0 radical (unpaired) electrons. The number of aromatic hydroxyl groups is 1. The van der Waals surface area contributed by atoms with Gasteiger partial charge in [0.15, 0.2) is 5.88 Å². The Bertz CT molecular complexity index is 1360. The lowest BCUT2D eigenvalue weighted by atomic mass is 9.99. The highest BCUT2D eigenvalue weighted by Crippen LogP contribution is 2.32. The number of rotatable bonds is 6. The summed E-state index contributed by atoms with van der Waals surface area (Å²) in [6.07, 6.45) is 4.27. The lowest BCUT2D eigenvalue weighted by molar-refractivity contribution is 0.457. The van der Waals surface area contributed by atoms with Gasteiger partial charge in [-0.05, 0) is 42.3 Å². The summed E-state index contributed by atoms with van der Waals surface area (Å²) in [6, 6.07) is 23.9. The molecule has 5 N–H and O–H groups in total. The van der Waals surface area contributed by atoms with Crippen LogP contribution in [0.5, 0.6) is 5.88 Å². The van der Waals surface area contributed by atoms with Crippen LogP contribution in [0.25, 0.3) is 22.2 Å². The number of nitrogens with two attached hydrogens (primary N) is 1. The summed E-state index contributed by atoms with van der Waals surface area (Å²) in [5.41, 5.74) is 12.8. The Morgan fingerprint density at radius 1 is 0.969 bits per heavy atom. The number of H-pyrrole nitrogens is 2. The molecular formula is C26H23N5O. The van der Waals surface area contributed by atoms with Gasteiger partial charge in [-0.1, -0.05) is 54.6 Å². The summed E-state index contributed by atoms with van der Waals surface area (Å²) in [6.45, 7) is 0.603. The van der Waals surface area contributed by atoms with Gasteiger partial charge >= 0.3 is 0 Å². The quantitative estimate of drug-likeness (QED) is 0.292. The highest BCUT2D eigenvalue weighted by atomic mass is 16.3. The van der Waals surface area contributed by atoms with Gasteiger partial charge in [0.2, 0.25) is 0 Å². The molecule has 0 amide bonds. The Labute approximate surface area is 185 Å². The first-order chi connectivity index (χ1) is 15.7. The fourth-order valence-corrected chi connectivity index (χ4v) is 3.89. The van der Waals surface area contributed by atoms with Crippen molar-refractivity contribution in [2.75, 3.05) is 6.54 Å². The topological polar surface area (TPSA) is 103 Å². The smallest absolute Gasteiger partial charge is 0.199 e. The van der Waals surface area contributed by atoms with Crippen molar-refractivity contribution in [2.24, 2.45) is 10.7 Å². The van der Waals surface area contributed by atoms with E-state index < -0.39 is 0 Å². The van der Waals surface area contributed by atoms with E-state index in [1.165, 1.54) is 5.56 Å². The van der Waals surface area contributed by atoms with Gasteiger partial charge in [-0.25, -0.2) is 9.98 Å². The zero-order valence-electron chi connectivity index (χ0n) is 17.4. The van der Waals surface area contributed by atoms with Gasteiger partial charge in [-0.15, -0.1) is 0 Å². The third kappa shape index (κ3) is 3.79. The van der Waals surface area contributed by atoms with Crippen molar-refractivity contribution in [3.8, 4) is 17.1 Å². The molecule has 2 heterocycles. The van der Waals surface area contributed by atoms with Crippen LogP contribution in [-0.2, 0) is 6.42 Å². The number of aromatic nitrogens is 3. The van der Waals surface area contributed by atoms with E-state index in [9.17, 15) is 5.11 Å². The minimum Gasteiger partial charge on any atom is -0.494 e. The first kappa shape index (κ1) is 19.8. The number of aromatic amines is 2. The Kier molecular flexibility index (Phi) is 5.27. The van der Waals surface area contributed by atoms with Gasteiger partial charge in [0.05, 0.1) is 35.2 Å². The van der Waals surface area contributed by atoms with Crippen molar-refractivity contribution in [2.45, 2.75) is 6.42 Å². The minimum atomic E-state index is 0.102. The second-order valence-electron chi connectivity index (χ2n) is 7.60. The monoisotopic (exact) mass is 421 g/mol. The van der Waals surface area contributed by atoms with E-state index >= 15 is 0 Å². The summed E-state index contributed by atoms with van der Waals surface area (Å²) >= 11 is 0. The second-order valence-corrected chi connectivity index (χ2v) is 7.60. The molecule has 0 aliphatic rings. The maximum Gasteiger partial charge on any atom is 0.199 e. The van der Waals surface area contributed by atoms with Crippen LogP contribution in [0, 0.1) is 0 Å². The van der Waals surface area contributed by atoms with Gasteiger partial charge < -0.3 is 20.8 Å². The largest absolute Gasteiger partial charge is 0.494 e. The normalized spacial score (nSPS) is 11.8. The van der Waals surface area contributed by atoms with Crippen LogP contribution < -0.4 is 5.73 Å². The van der Waals surface area contributed by atoms with E-state index in [0.29, 0.717) is 17.8 Å². The molecule has 6 nitrogen and oxygen atoms in total. The third-order valence-corrected chi connectivity index (χ3v) is 5.50. The Balaban J connectivity index is 1.63. The number of hydrogen-bond donors (Lipinski definition) is 4. The van der Waals surface area contributed by atoms with Crippen LogP contribution in [0.3, 0.4) is 0 Å². The molecule has 0 unspecified atom stereocenters. The molecule has 0 saturated carbocycles. The Hall–Kier alpha value is -4.16. The van der Waals surface area contributed by atoms with Crippen molar-refractivity contribution < 1.29 is 5.11 Å². The van der Waals surface area contributed by atoms with Crippen LogP contribution in [0.4, 0.5) is 5.69 Å². The maximum atomic E-state index is 10.8. The van der Waals surface area contributed by atoms with Crippen molar-refractivity contribution in [1.82, 2.24) is 15.0 Å². The van der Waals surface area contributed by atoms with E-state index in [0.717, 1.165) is 39.8 Å².